The first-order chi connectivity index (χ1) is 12.6. The molecule has 6 rings (SSSR count). The van der Waals surface area contributed by atoms with Crippen LogP contribution in [0.1, 0.15) is 44.1 Å². The maximum atomic E-state index is 13.1. The van der Waals surface area contributed by atoms with Crippen molar-refractivity contribution in [2.75, 3.05) is 5.32 Å². The number of nitriles is 1. The summed E-state index contributed by atoms with van der Waals surface area (Å²) in [5.41, 5.74) is 2.31. The van der Waals surface area contributed by atoms with Crippen LogP contribution in [0.25, 0.3) is 11.3 Å². The summed E-state index contributed by atoms with van der Waals surface area (Å²) in [6.07, 6.45) is 7.22. The molecule has 0 radical (unpaired) electrons. The Kier molecular flexibility index (Phi) is 3.65. The minimum Gasteiger partial charge on any atom is -0.301 e. The molecule has 2 aromatic rings. The first-order valence-corrected chi connectivity index (χ1v) is 10.3. The Morgan fingerprint density at radius 2 is 1.73 bits per heavy atom. The van der Waals surface area contributed by atoms with Gasteiger partial charge in [0.25, 0.3) is 0 Å². The van der Waals surface area contributed by atoms with E-state index >= 15 is 0 Å². The van der Waals surface area contributed by atoms with Crippen molar-refractivity contribution in [1.82, 2.24) is 4.98 Å². The highest BCUT2D eigenvalue weighted by atomic mass is 32.1. The van der Waals surface area contributed by atoms with Gasteiger partial charge in [0, 0.05) is 10.9 Å². The molecule has 0 atom stereocenters. The molecule has 1 N–H and O–H groups in total. The van der Waals surface area contributed by atoms with Crippen LogP contribution in [0.2, 0.25) is 0 Å². The smallest absolute Gasteiger partial charge is 0.232 e. The number of carbonyl (C=O) groups is 1. The van der Waals surface area contributed by atoms with Crippen LogP contribution < -0.4 is 5.32 Å². The van der Waals surface area contributed by atoms with Gasteiger partial charge in [0.2, 0.25) is 5.91 Å². The van der Waals surface area contributed by atoms with E-state index in [1.807, 2.05) is 17.5 Å². The molecule has 4 aliphatic carbocycles. The zero-order valence-corrected chi connectivity index (χ0v) is 15.4. The number of carbonyl (C=O) groups excluding carboxylic acids is 1. The molecular formula is C21H21N3OS. The Morgan fingerprint density at radius 3 is 2.31 bits per heavy atom. The van der Waals surface area contributed by atoms with E-state index in [1.54, 1.807) is 12.1 Å². The molecule has 5 heteroatoms. The third kappa shape index (κ3) is 2.64. The van der Waals surface area contributed by atoms with Crippen molar-refractivity contribution in [1.29, 1.82) is 5.26 Å². The van der Waals surface area contributed by atoms with Gasteiger partial charge in [0.15, 0.2) is 5.13 Å². The maximum Gasteiger partial charge on any atom is 0.232 e. The number of nitrogens with zero attached hydrogens (tertiary/aromatic N) is 2. The molecule has 0 unspecified atom stereocenters. The zero-order valence-electron chi connectivity index (χ0n) is 14.6. The van der Waals surface area contributed by atoms with Gasteiger partial charge in [-0.3, -0.25) is 4.79 Å². The Balaban J connectivity index is 1.33. The highest BCUT2D eigenvalue weighted by Gasteiger charge is 2.54. The monoisotopic (exact) mass is 363 g/mol. The largest absolute Gasteiger partial charge is 0.301 e. The molecule has 4 nitrogen and oxygen atoms in total. The predicted octanol–water partition coefficient (Wildman–Crippen LogP) is 4.84. The molecule has 26 heavy (non-hydrogen) atoms. The molecule has 4 bridgehead atoms. The van der Waals surface area contributed by atoms with E-state index in [0.717, 1.165) is 48.3 Å². The fraction of sp³-hybridized carbons (Fsp3) is 0.476. The predicted molar refractivity (Wildman–Crippen MR) is 101 cm³/mol. The number of hydrogen-bond acceptors (Lipinski definition) is 4. The number of amides is 1. The lowest BCUT2D eigenvalue weighted by molar-refractivity contribution is -0.140. The van der Waals surface area contributed by atoms with Gasteiger partial charge in [-0.05, 0) is 68.4 Å². The number of anilines is 1. The summed E-state index contributed by atoms with van der Waals surface area (Å²) in [5.74, 6) is 2.48. The summed E-state index contributed by atoms with van der Waals surface area (Å²) in [5, 5.41) is 14.7. The molecule has 132 valence electrons. The minimum atomic E-state index is -0.144. The number of nitrogens with one attached hydrogen (secondary N) is 1. The Morgan fingerprint density at radius 1 is 1.12 bits per heavy atom. The van der Waals surface area contributed by atoms with Crippen molar-refractivity contribution in [2.24, 2.45) is 23.2 Å². The average Bonchev–Trinajstić information content (AvgIpc) is 3.09. The molecule has 1 amide bonds. The fourth-order valence-corrected chi connectivity index (χ4v) is 6.51. The second-order valence-corrected chi connectivity index (χ2v) is 9.24. The van der Waals surface area contributed by atoms with Crippen LogP contribution in [0.4, 0.5) is 5.13 Å². The normalized spacial score (nSPS) is 31.6. The van der Waals surface area contributed by atoms with E-state index in [0.29, 0.717) is 10.7 Å². The van der Waals surface area contributed by atoms with Gasteiger partial charge in [-0.2, -0.15) is 5.26 Å². The van der Waals surface area contributed by atoms with Crippen molar-refractivity contribution >= 4 is 22.4 Å². The topological polar surface area (TPSA) is 65.8 Å². The second-order valence-electron chi connectivity index (χ2n) is 8.38. The van der Waals surface area contributed by atoms with Crippen molar-refractivity contribution in [3.8, 4) is 17.3 Å². The van der Waals surface area contributed by atoms with E-state index < -0.39 is 0 Å². The molecular weight excluding hydrogens is 342 g/mol. The van der Waals surface area contributed by atoms with Gasteiger partial charge in [-0.25, -0.2) is 4.98 Å². The number of thiazole rings is 1. The van der Waals surface area contributed by atoms with Crippen LogP contribution in [0.5, 0.6) is 0 Å². The Bertz CT molecular complexity index is 857. The number of benzene rings is 1. The Labute approximate surface area is 157 Å². The molecule has 4 saturated carbocycles. The summed E-state index contributed by atoms with van der Waals surface area (Å²) < 4.78 is 0. The van der Waals surface area contributed by atoms with Crippen LogP contribution in [0, 0.1) is 34.5 Å². The van der Waals surface area contributed by atoms with Gasteiger partial charge in [-0.15, -0.1) is 11.3 Å². The zero-order chi connectivity index (χ0) is 17.7. The molecule has 0 aliphatic heterocycles. The summed E-state index contributed by atoms with van der Waals surface area (Å²) >= 11 is 1.48. The van der Waals surface area contributed by atoms with Gasteiger partial charge in [-0.1, -0.05) is 12.1 Å². The van der Waals surface area contributed by atoms with Gasteiger partial charge in [0.05, 0.1) is 22.7 Å². The SMILES string of the molecule is N#Cc1ccc(-c2csc(NC(=O)C34CC5CC(CC(C5)C3)C4)n2)cc1. The minimum absolute atomic E-state index is 0.144. The van der Waals surface area contributed by atoms with E-state index in [1.165, 1.54) is 30.6 Å². The van der Waals surface area contributed by atoms with Gasteiger partial charge in [0.1, 0.15) is 0 Å². The van der Waals surface area contributed by atoms with Crippen LogP contribution in [-0.4, -0.2) is 10.9 Å². The van der Waals surface area contributed by atoms with E-state index in [4.69, 9.17) is 5.26 Å². The third-order valence-electron chi connectivity index (χ3n) is 6.55. The quantitative estimate of drug-likeness (QED) is 0.849. The van der Waals surface area contributed by atoms with Crippen molar-refractivity contribution < 1.29 is 4.79 Å². The van der Waals surface area contributed by atoms with Crippen molar-refractivity contribution in [3.05, 3.63) is 35.2 Å². The number of hydrogen-bond donors (Lipinski definition) is 1. The first-order valence-electron chi connectivity index (χ1n) is 9.41. The van der Waals surface area contributed by atoms with Crippen LogP contribution in [0.3, 0.4) is 0 Å². The van der Waals surface area contributed by atoms with Gasteiger partial charge < -0.3 is 5.32 Å². The van der Waals surface area contributed by atoms with Crippen molar-refractivity contribution in [2.45, 2.75) is 38.5 Å². The summed E-state index contributed by atoms with van der Waals surface area (Å²) in [6.45, 7) is 0. The molecule has 4 aliphatic rings. The number of aromatic nitrogens is 1. The highest BCUT2D eigenvalue weighted by Crippen LogP contribution is 2.60. The lowest BCUT2D eigenvalue weighted by Crippen LogP contribution is -2.51. The lowest BCUT2D eigenvalue weighted by atomic mass is 9.49. The van der Waals surface area contributed by atoms with Crippen LogP contribution in [-0.2, 0) is 4.79 Å². The fourth-order valence-electron chi connectivity index (χ4n) is 5.80. The standard InChI is InChI=1S/C21H21N3OS/c22-11-13-1-3-17(4-2-13)18-12-26-20(23-18)24-19(25)21-8-14-5-15(9-21)7-16(6-14)10-21/h1-4,12,14-16H,5-10H2,(H,23,24,25). The van der Waals surface area contributed by atoms with Gasteiger partial charge >= 0.3 is 0 Å². The second kappa shape index (κ2) is 5.92. The summed E-state index contributed by atoms with van der Waals surface area (Å²) in [7, 11) is 0. The van der Waals surface area contributed by atoms with E-state index in [2.05, 4.69) is 16.4 Å². The molecule has 4 fully saturated rings. The molecule has 1 aromatic carbocycles. The third-order valence-corrected chi connectivity index (χ3v) is 7.31. The first kappa shape index (κ1) is 16.0. The lowest BCUT2D eigenvalue weighted by Gasteiger charge is -2.55. The molecule has 1 aromatic heterocycles. The van der Waals surface area contributed by atoms with Crippen molar-refractivity contribution in [3.63, 3.8) is 0 Å². The summed E-state index contributed by atoms with van der Waals surface area (Å²) in [4.78, 5) is 17.7. The molecule has 0 saturated heterocycles. The highest BCUT2D eigenvalue weighted by molar-refractivity contribution is 7.14. The maximum absolute atomic E-state index is 13.1. The van der Waals surface area contributed by atoms with E-state index in [9.17, 15) is 4.79 Å². The molecule has 0 spiro atoms. The van der Waals surface area contributed by atoms with Crippen LogP contribution in [0.15, 0.2) is 29.6 Å². The number of rotatable bonds is 3. The van der Waals surface area contributed by atoms with Crippen LogP contribution >= 0.6 is 11.3 Å². The Hall–Kier alpha value is -2.19. The van der Waals surface area contributed by atoms with E-state index in [-0.39, 0.29) is 11.3 Å². The molecule has 1 heterocycles. The summed E-state index contributed by atoms with van der Waals surface area (Å²) in [6, 6.07) is 9.52. The average molecular weight is 363 g/mol.